The summed E-state index contributed by atoms with van der Waals surface area (Å²) >= 11 is 0. The molecule has 0 saturated heterocycles. The van der Waals surface area contributed by atoms with Gasteiger partial charge in [0.15, 0.2) is 5.82 Å². The van der Waals surface area contributed by atoms with Crippen molar-refractivity contribution in [2.45, 2.75) is 6.18 Å². The number of alkyl halides is 3. The lowest BCUT2D eigenvalue weighted by atomic mass is 9.98. The average molecular weight is 244 g/mol. The minimum atomic E-state index is -5.07. The van der Waals surface area contributed by atoms with Gasteiger partial charge < -0.3 is 11.5 Å². The van der Waals surface area contributed by atoms with Crippen molar-refractivity contribution >= 4 is 11.4 Å². The van der Waals surface area contributed by atoms with Crippen LogP contribution in [0.15, 0.2) is 0 Å². The minimum absolute atomic E-state index is 0.823. The highest BCUT2D eigenvalue weighted by Gasteiger charge is 2.40. The van der Waals surface area contributed by atoms with Gasteiger partial charge in [-0.25, -0.2) is 4.39 Å². The summed E-state index contributed by atoms with van der Waals surface area (Å²) in [4.78, 5) is 0. The van der Waals surface area contributed by atoms with Gasteiger partial charge in [0.1, 0.15) is 17.7 Å². The van der Waals surface area contributed by atoms with Gasteiger partial charge in [0.05, 0.1) is 22.5 Å². The van der Waals surface area contributed by atoms with Crippen LogP contribution >= 0.6 is 0 Å². The van der Waals surface area contributed by atoms with Gasteiger partial charge in [-0.2, -0.15) is 23.7 Å². The molecule has 0 amide bonds. The second kappa shape index (κ2) is 3.83. The predicted molar refractivity (Wildman–Crippen MR) is 49.7 cm³/mol. The Kier molecular flexibility index (Phi) is 2.84. The topological polar surface area (TPSA) is 99.6 Å². The first-order chi connectivity index (χ1) is 7.75. The molecule has 0 bridgehead atoms. The molecule has 0 unspecified atom stereocenters. The third-order valence-corrected chi connectivity index (χ3v) is 2.02. The van der Waals surface area contributed by atoms with Crippen LogP contribution in [0.5, 0.6) is 0 Å². The molecule has 0 fully saturated rings. The van der Waals surface area contributed by atoms with Gasteiger partial charge in [-0.15, -0.1) is 0 Å². The molecule has 0 radical (unpaired) electrons. The molecule has 1 rings (SSSR count). The van der Waals surface area contributed by atoms with Crippen molar-refractivity contribution in [2.75, 3.05) is 11.5 Å². The van der Waals surface area contributed by atoms with Crippen molar-refractivity contribution in [3.63, 3.8) is 0 Å². The minimum Gasteiger partial charge on any atom is -0.396 e. The van der Waals surface area contributed by atoms with Crippen LogP contribution in [-0.2, 0) is 6.18 Å². The van der Waals surface area contributed by atoms with Crippen LogP contribution in [0.2, 0.25) is 0 Å². The van der Waals surface area contributed by atoms with Gasteiger partial charge in [0, 0.05) is 0 Å². The fraction of sp³-hybridized carbons (Fsp3) is 0.111. The first-order valence-corrected chi connectivity index (χ1v) is 4.03. The Morgan fingerprint density at radius 1 is 0.941 bits per heavy atom. The van der Waals surface area contributed by atoms with Crippen LogP contribution < -0.4 is 11.5 Å². The zero-order valence-corrected chi connectivity index (χ0v) is 8.06. The van der Waals surface area contributed by atoms with E-state index in [2.05, 4.69) is 0 Å². The number of hydrogen-bond donors (Lipinski definition) is 2. The quantitative estimate of drug-likeness (QED) is 0.536. The Hall–Kier alpha value is -2.48. The van der Waals surface area contributed by atoms with E-state index in [4.69, 9.17) is 22.0 Å². The number of rotatable bonds is 0. The normalized spacial score (nSPS) is 10.7. The number of anilines is 2. The molecule has 4 nitrogen and oxygen atoms in total. The molecule has 0 aliphatic carbocycles. The van der Waals surface area contributed by atoms with Crippen molar-refractivity contribution in [1.82, 2.24) is 0 Å². The highest BCUT2D eigenvalue weighted by Crippen LogP contribution is 2.40. The molecule has 0 heterocycles. The SMILES string of the molecule is N#Cc1c(N)c(N)c(F)c(C#N)c1C(F)(F)F. The van der Waals surface area contributed by atoms with Gasteiger partial charge in [-0.05, 0) is 0 Å². The number of nitrogens with two attached hydrogens (primary N) is 2. The van der Waals surface area contributed by atoms with Gasteiger partial charge in [-0.3, -0.25) is 0 Å². The van der Waals surface area contributed by atoms with E-state index in [1.54, 1.807) is 0 Å². The molecule has 0 saturated carbocycles. The number of halogens is 4. The van der Waals surface area contributed by atoms with Gasteiger partial charge >= 0.3 is 6.18 Å². The summed E-state index contributed by atoms with van der Waals surface area (Å²) in [5.41, 5.74) is 4.45. The van der Waals surface area contributed by atoms with E-state index < -0.39 is 40.1 Å². The molecule has 0 atom stereocenters. The van der Waals surface area contributed by atoms with Gasteiger partial charge in [-0.1, -0.05) is 0 Å². The van der Waals surface area contributed by atoms with Crippen LogP contribution in [0.4, 0.5) is 28.9 Å². The second-order valence-electron chi connectivity index (χ2n) is 2.99. The van der Waals surface area contributed by atoms with Crippen molar-refractivity contribution in [2.24, 2.45) is 0 Å². The molecule has 0 spiro atoms. The molecule has 17 heavy (non-hydrogen) atoms. The second-order valence-corrected chi connectivity index (χ2v) is 2.99. The largest absolute Gasteiger partial charge is 0.419 e. The molecule has 0 aromatic heterocycles. The molecule has 1 aromatic carbocycles. The summed E-state index contributed by atoms with van der Waals surface area (Å²) in [5.74, 6) is -1.57. The van der Waals surface area contributed by atoms with Crippen LogP contribution in [0.25, 0.3) is 0 Å². The maximum Gasteiger partial charge on any atom is 0.419 e. The van der Waals surface area contributed by atoms with Crippen molar-refractivity contribution < 1.29 is 17.6 Å². The Labute approximate surface area is 92.7 Å². The molecule has 0 aliphatic rings. The highest BCUT2D eigenvalue weighted by atomic mass is 19.4. The zero-order valence-electron chi connectivity index (χ0n) is 8.06. The molecule has 88 valence electrons. The predicted octanol–water partition coefficient (Wildman–Crippen LogP) is 1.75. The van der Waals surface area contributed by atoms with E-state index in [0.29, 0.717) is 0 Å². The van der Waals surface area contributed by atoms with Crippen molar-refractivity contribution in [3.05, 3.63) is 22.5 Å². The Morgan fingerprint density at radius 3 is 1.76 bits per heavy atom. The van der Waals surface area contributed by atoms with E-state index in [1.165, 1.54) is 6.07 Å². The summed E-state index contributed by atoms with van der Waals surface area (Å²) < 4.78 is 51.2. The zero-order chi connectivity index (χ0) is 13.4. The summed E-state index contributed by atoms with van der Waals surface area (Å²) in [6.07, 6.45) is -5.07. The maximum absolute atomic E-state index is 13.3. The molecule has 1 aromatic rings. The lowest BCUT2D eigenvalue weighted by Crippen LogP contribution is -2.16. The summed E-state index contributed by atoms with van der Waals surface area (Å²) in [6.45, 7) is 0. The lowest BCUT2D eigenvalue weighted by Gasteiger charge is -2.14. The van der Waals surface area contributed by atoms with Gasteiger partial charge in [0.2, 0.25) is 0 Å². The highest BCUT2D eigenvalue weighted by molar-refractivity contribution is 5.77. The average Bonchev–Trinajstić information content (AvgIpc) is 2.24. The summed E-state index contributed by atoms with van der Waals surface area (Å²) in [6, 6.07) is 2.20. The molecular formula is C9H4F4N4. The summed E-state index contributed by atoms with van der Waals surface area (Å²) in [5, 5.41) is 17.1. The molecular weight excluding hydrogens is 240 g/mol. The molecule has 4 N–H and O–H groups in total. The fourth-order valence-electron chi connectivity index (χ4n) is 1.26. The maximum atomic E-state index is 13.3. The van der Waals surface area contributed by atoms with Crippen LogP contribution in [0.3, 0.4) is 0 Å². The van der Waals surface area contributed by atoms with E-state index in [1.807, 2.05) is 0 Å². The summed E-state index contributed by atoms with van der Waals surface area (Å²) in [7, 11) is 0. The van der Waals surface area contributed by atoms with E-state index in [0.717, 1.165) is 6.07 Å². The van der Waals surface area contributed by atoms with Crippen molar-refractivity contribution in [3.8, 4) is 12.1 Å². The number of benzene rings is 1. The number of hydrogen-bond acceptors (Lipinski definition) is 4. The number of nitriles is 2. The molecule has 8 heteroatoms. The third kappa shape index (κ3) is 1.81. The van der Waals surface area contributed by atoms with E-state index in [9.17, 15) is 17.6 Å². The Balaban J connectivity index is 3.94. The fourth-order valence-corrected chi connectivity index (χ4v) is 1.26. The standard InChI is InChI=1S/C9H4F4N4/c10-6-3(1-14)5(9(11,12)13)4(2-15)7(16)8(6)17/h16-17H2. The van der Waals surface area contributed by atoms with E-state index in [-0.39, 0.29) is 0 Å². The first-order valence-electron chi connectivity index (χ1n) is 4.03. The smallest absolute Gasteiger partial charge is 0.396 e. The van der Waals surface area contributed by atoms with Gasteiger partial charge in [0.25, 0.3) is 0 Å². The lowest BCUT2D eigenvalue weighted by molar-refractivity contribution is -0.138. The Bertz CT molecular complexity index is 521. The van der Waals surface area contributed by atoms with Crippen LogP contribution in [0, 0.1) is 28.5 Å². The third-order valence-electron chi connectivity index (χ3n) is 2.02. The van der Waals surface area contributed by atoms with Crippen LogP contribution in [0.1, 0.15) is 16.7 Å². The van der Waals surface area contributed by atoms with E-state index >= 15 is 0 Å². The Morgan fingerprint density at radius 2 is 1.41 bits per heavy atom. The first kappa shape index (κ1) is 12.6. The monoisotopic (exact) mass is 244 g/mol. The molecule has 0 aliphatic heterocycles. The van der Waals surface area contributed by atoms with Crippen molar-refractivity contribution in [1.29, 1.82) is 10.5 Å². The van der Waals surface area contributed by atoms with Crippen LogP contribution in [-0.4, -0.2) is 0 Å². The number of nitrogen functional groups attached to an aromatic ring is 2. The number of nitrogens with zero attached hydrogens (tertiary/aromatic N) is 2.